The zero-order chi connectivity index (χ0) is 17.1. The van der Waals surface area contributed by atoms with Crippen molar-refractivity contribution in [2.75, 3.05) is 41.7 Å². The van der Waals surface area contributed by atoms with Crippen LogP contribution in [-0.2, 0) is 9.47 Å². The van der Waals surface area contributed by atoms with Crippen LogP contribution in [0.25, 0.3) is 0 Å². The third-order valence-corrected chi connectivity index (χ3v) is 2.40. The predicted molar refractivity (Wildman–Crippen MR) is 99.0 cm³/mol. The van der Waals surface area contributed by atoms with E-state index in [1.807, 2.05) is 42.0 Å². The highest BCUT2D eigenvalue weighted by molar-refractivity contribution is 6.84. The maximum Gasteiger partial charge on any atom is 0.483 e. The van der Waals surface area contributed by atoms with E-state index < -0.39 is 0 Å². The summed E-state index contributed by atoms with van der Waals surface area (Å²) in [5, 5.41) is 0. The van der Waals surface area contributed by atoms with Gasteiger partial charge in [-0.25, -0.2) is 0 Å². The number of ether oxygens (including phenoxy) is 2. The molecule has 0 heterocycles. The van der Waals surface area contributed by atoms with Crippen LogP contribution in [0.1, 0.15) is 34.1 Å². The van der Waals surface area contributed by atoms with Crippen molar-refractivity contribution in [3.05, 3.63) is 24.7 Å². The number of nitrogens with zero attached hydrogens (tertiary/aromatic N) is 2. The van der Waals surface area contributed by atoms with Gasteiger partial charge in [-0.3, -0.25) is 0 Å². The molecule has 0 amide bonds. The zero-order valence-electron chi connectivity index (χ0n) is 14.7. The number of hydrogen-bond donors (Lipinski definition) is 0. The number of hydrogen-bond acceptors (Lipinski definition) is 2. The summed E-state index contributed by atoms with van der Waals surface area (Å²) in [4.78, 5) is 0. The number of rotatable bonds is 9. The average Bonchev–Trinajstić information content (AvgIpc) is 2.42. The van der Waals surface area contributed by atoms with Crippen LogP contribution in [-0.4, -0.2) is 73.5 Å². The molecule has 0 aromatic heterocycles. The fourth-order valence-electron chi connectivity index (χ4n) is 0.762. The Kier molecular flexibility index (Phi) is 15.1. The molecule has 0 aromatic carbocycles. The van der Waals surface area contributed by atoms with Crippen molar-refractivity contribution < 1.29 is 18.3 Å². The van der Waals surface area contributed by atoms with E-state index in [0.717, 1.165) is 24.4 Å². The monoisotopic (exact) mass is 307 g/mol. The highest BCUT2D eigenvalue weighted by Crippen LogP contribution is 2.02. The maximum absolute atomic E-state index is 5.61. The minimum absolute atomic E-state index is 0. The van der Waals surface area contributed by atoms with E-state index in [4.69, 9.17) is 25.2 Å². The molecule has 7 heteroatoms. The summed E-state index contributed by atoms with van der Waals surface area (Å²) in [5.41, 5.74) is 0. The van der Waals surface area contributed by atoms with Crippen molar-refractivity contribution in [2.24, 2.45) is 0 Å². The van der Waals surface area contributed by atoms with Gasteiger partial charge in [-0.05, 0) is 0 Å². The van der Waals surface area contributed by atoms with Gasteiger partial charge in [0.15, 0.2) is 0 Å². The van der Waals surface area contributed by atoms with Crippen LogP contribution in [0.5, 0.6) is 0 Å². The summed E-state index contributed by atoms with van der Waals surface area (Å²) in [7, 11) is 20.2. The van der Waals surface area contributed by atoms with Crippen molar-refractivity contribution in [2.45, 2.75) is 34.1 Å². The van der Waals surface area contributed by atoms with Crippen molar-refractivity contribution in [1.29, 1.82) is 0 Å². The fraction of sp³-hybridized carbons (Fsp3) is 0.733. The van der Waals surface area contributed by atoms with Gasteiger partial charge in [-0.15, -0.1) is 0 Å². The molecular formula is C15H34B3N2O2+2. The molecule has 0 saturated carbocycles. The van der Waals surface area contributed by atoms with Gasteiger partial charge >= 0.3 is 15.3 Å². The lowest BCUT2D eigenvalue weighted by Crippen LogP contribution is -2.45. The van der Waals surface area contributed by atoms with Crippen LogP contribution in [0.2, 0.25) is 0 Å². The van der Waals surface area contributed by atoms with Gasteiger partial charge in [0.25, 0.3) is 0 Å². The molecule has 0 aliphatic carbocycles. The molecule has 0 unspecified atom stereocenters. The zero-order valence-corrected chi connectivity index (χ0v) is 14.7. The molecule has 0 bridgehead atoms. The third-order valence-electron chi connectivity index (χ3n) is 2.40. The van der Waals surface area contributed by atoms with Gasteiger partial charge in [-0.2, -0.15) is 0 Å². The summed E-state index contributed by atoms with van der Waals surface area (Å²) < 4.78 is 11.4. The normalized spacial score (nSPS) is 10.5. The predicted octanol–water partition coefficient (Wildman–Crippen LogP) is 2.34. The maximum atomic E-state index is 5.61. The lowest BCUT2D eigenvalue weighted by Gasteiger charge is -2.28. The Morgan fingerprint density at radius 3 is 1.59 bits per heavy atom. The van der Waals surface area contributed by atoms with Crippen LogP contribution in [0, 0.1) is 0 Å². The van der Waals surface area contributed by atoms with Gasteiger partial charge in [-0.1, -0.05) is 34.4 Å². The van der Waals surface area contributed by atoms with E-state index in [1.54, 1.807) is 7.31 Å². The van der Waals surface area contributed by atoms with Gasteiger partial charge in [0.2, 0.25) is 13.5 Å². The molecule has 0 rings (SSSR count). The van der Waals surface area contributed by atoms with Crippen molar-refractivity contribution in [3.8, 4) is 0 Å². The van der Waals surface area contributed by atoms with Gasteiger partial charge in [0, 0.05) is 12.8 Å². The molecule has 4 nitrogen and oxygen atoms in total. The summed E-state index contributed by atoms with van der Waals surface area (Å²) in [6.45, 7) is 12.4. The molecule has 0 aromatic rings. The Bertz CT molecular complexity index is 316. The summed E-state index contributed by atoms with van der Waals surface area (Å²) >= 11 is 0. The standard InChI is InChI=1S/C7H15B2NO.C7H15BNO.CH4/c1-5-7(2)11-6-10(3,4)9-8;1-5-7(2)10-6-9(3,4)8;/h2,5-6H2,1,3-4H3;2,5-6H2,1,3-4H3;1H4/q2*+1;. The second kappa shape index (κ2) is 12.7. The van der Waals surface area contributed by atoms with E-state index in [2.05, 4.69) is 13.2 Å². The second-order valence-corrected chi connectivity index (χ2v) is 6.04. The summed E-state index contributed by atoms with van der Waals surface area (Å²) in [6.07, 6.45) is 1.70. The Morgan fingerprint density at radius 2 is 1.32 bits per heavy atom. The number of allylic oxidation sites excluding steroid dienone is 2. The first-order valence-electron chi connectivity index (χ1n) is 7.09. The molecular weight excluding hydrogens is 273 g/mol. The smallest absolute Gasteiger partial charge is 0.452 e. The average molecular weight is 307 g/mol. The van der Waals surface area contributed by atoms with Crippen LogP contribution >= 0.6 is 0 Å². The minimum atomic E-state index is 0. The topological polar surface area (TPSA) is 18.5 Å². The molecule has 5 radical (unpaired) electrons. The Morgan fingerprint density at radius 1 is 0.955 bits per heavy atom. The first-order chi connectivity index (χ1) is 9.47. The summed E-state index contributed by atoms with van der Waals surface area (Å²) in [6, 6.07) is 0. The lowest BCUT2D eigenvalue weighted by atomic mass is 9.64. The third kappa shape index (κ3) is 19.2. The van der Waals surface area contributed by atoms with Gasteiger partial charge in [0.05, 0.1) is 39.7 Å². The minimum Gasteiger partial charge on any atom is -0.452 e. The second-order valence-electron chi connectivity index (χ2n) is 6.04. The van der Waals surface area contributed by atoms with Gasteiger partial charge in [0.1, 0.15) is 7.74 Å². The molecule has 0 atom stereocenters. The highest BCUT2D eigenvalue weighted by Gasteiger charge is 2.13. The van der Waals surface area contributed by atoms with Crippen LogP contribution in [0.3, 0.4) is 0 Å². The molecule has 0 saturated heterocycles. The van der Waals surface area contributed by atoms with Crippen LogP contribution in [0.15, 0.2) is 24.7 Å². The van der Waals surface area contributed by atoms with Crippen molar-refractivity contribution in [1.82, 2.24) is 0 Å². The van der Waals surface area contributed by atoms with E-state index in [-0.39, 0.29) is 7.43 Å². The molecule has 0 spiro atoms. The first-order valence-corrected chi connectivity index (χ1v) is 7.09. The molecule has 22 heavy (non-hydrogen) atoms. The van der Waals surface area contributed by atoms with E-state index in [1.165, 1.54) is 0 Å². The summed E-state index contributed by atoms with van der Waals surface area (Å²) in [5.74, 6) is 1.59. The fourth-order valence-corrected chi connectivity index (χ4v) is 0.762. The highest BCUT2D eigenvalue weighted by atomic mass is 16.5. The van der Waals surface area contributed by atoms with Crippen molar-refractivity contribution in [3.63, 3.8) is 0 Å². The molecule has 0 aliphatic heterocycles. The molecule has 123 valence electrons. The molecule has 0 N–H and O–H groups in total. The number of quaternary nitrogens is 2. The molecule has 0 fully saturated rings. The largest absolute Gasteiger partial charge is 0.483 e. The van der Waals surface area contributed by atoms with Gasteiger partial charge < -0.3 is 18.3 Å². The molecule has 0 aliphatic rings. The van der Waals surface area contributed by atoms with Crippen LogP contribution < -0.4 is 0 Å². The van der Waals surface area contributed by atoms with E-state index in [0.29, 0.717) is 22.2 Å². The van der Waals surface area contributed by atoms with E-state index in [9.17, 15) is 0 Å². The lowest BCUT2D eigenvalue weighted by molar-refractivity contribution is -0.799. The van der Waals surface area contributed by atoms with Crippen LogP contribution in [0.4, 0.5) is 0 Å². The Hall–Kier alpha value is -0.805. The first kappa shape index (κ1) is 26.1. The van der Waals surface area contributed by atoms with Crippen molar-refractivity contribution >= 4 is 23.0 Å². The Labute approximate surface area is 142 Å². The SMILES string of the molecule is C.[B][B][N+](C)(C)COC(=C)CC.[B][N+](C)(C)COC(=C)CC. The Balaban J connectivity index is -0.000000315. The quantitative estimate of drug-likeness (QED) is 0.370. The van der Waals surface area contributed by atoms with E-state index >= 15 is 0 Å².